The van der Waals surface area contributed by atoms with Gasteiger partial charge in [-0.1, -0.05) is 54.6 Å². The number of hydrogen-bond acceptors (Lipinski definition) is 2. The highest BCUT2D eigenvalue weighted by Gasteiger charge is 2.08. The van der Waals surface area contributed by atoms with Crippen LogP contribution in [0.1, 0.15) is 11.1 Å². The molecule has 3 aromatic rings. The van der Waals surface area contributed by atoms with E-state index in [-0.39, 0.29) is 18.1 Å². The summed E-state index contributed by atoms with van der Waals surface area (Å²) in [5.74, 6) is -0.128. The number of amides is 1. The van der Waals surface area contributed by atoms with Crippen molar-refractivity contribution in [3.63, 3.8) is 0 Å². The summed E-state index contributed by atoms with van der Waals surface area (Å²) < 4.78 is 28.8. The lowest BCUT2D eigenvalue weighted by atomic mass is 10.0. The van der Waals surface area contributed by atoms with E-state index in [0.29, 0.717) is 12.1 Å². The van der Waals surface area contributed by atoms with Crippen LogP contribution in [0.3, 0.4) is 0 Å². The Balaban J connectivity index is 1.63. The zero-order valence-corrected chi connectivity index (χ0v) is 13.4. The number of hydrogen-bond donors (Lipinski definition) is 1. The Labute approximate surface area is 144 Å². The van der Waals surface area contributed by atoms with Crippen molar-refractivity contribution in [3.8, 4) is 5.75 Å². The molecule has 0 aliphatic heterocycles. The summed E-state index contributed by atoms with van der Waals surface area (Å²) in [4.78, 5) is 12.2. The number of alkyl halides is 2. The van der Waals surface area contributed by atoms with Crippen molar-refractivity contribution >= 4 is 16.7 Å². The second-order valence-corrected chi connectivity index (χ2v) is 5.62. The van der Waals surface area contributed by atoms with Crippen LogP contribution in [0.15, 0.2) is 66.7 Å². The van der Waals surface area contributed by atoms with E-state index in [9.17, 15) is 13.6 Å². The standard InChI is InChI=1S/C20H17F2NO2/c21-20(22)25-17-9-3-5-14(11-17)12-19(24)23-13-16-8-4-7-15-6-1-2-10-18(15)16/h1-11,20H,12-13H2,(H,23,24). The summed E-state index contributed by atoms with van der Waals surface area (Å²) in [6.07, 6.45) is 0.102. The van der Waals surface area contributed by atoms with Crippen LogP contribution < -0.4 is 10.1 Å². The van der Waals surface area contributed by atoms with Gasteiger partial charge in [0.2, 0.25) is 5.91 Å². The average Bonchev–Trinajstić information content (AvgIpc) is 2.59. The number of halogens is 2. The molecule has 128 valence electrons. The van der Waals surface area contributed by atoms with Crippen molar-refractivity contribution in [2.75, 3.05) is 0 Å². The van der Waals surface area contributed by atoms with Crippen molar-refractivity contribution in [2.45, 2.75) is 19.6 Å². The third-order valence-corrected chi connectivity index (χ3v) is 3.84. The highest BCUT2D eigenvalue weighted by atomic mass is 19.3. The first kappa shape index (κ1) is 16.9. The number of carbonyl (C=O) groups excluding carboxylic acids is 1. The molecule has 0 atom stereocenters. The summed E-state index contributed by atoms with van der Waals surface area (Å²) in [6, 6.07) is 20.1. The molecule has 0 unspecified atom stereocenters. The quantitative estimate of drug-likeness (QED) is 0.726. The number of fused-ring (bicyclic) bond motifs is 1. The normalized spacial score (nSPS) is 10.8. The average molecular weight is 341 g/mol. The molecule has 3 nitrogen and oxygen atoms in total. The van der Waals surface area contributed by atoms with Crippen molar-refractivity contribution in [2.24, 2.45) is 0 Å². The summed E-state index contributed by atoms with van der Waals surface area (Å²) >= 11 is 0. The van der Waals surface area contributed by atoms with E-state index in [2.05, 4.69) is 10.1 Å². The Morgan fingerprint density at radius 2 is 1.76 bits per heavy atom. The Bertz CT molecular complexity index is 875. The Morgan fingerprint density at radius 1 is 1.00 bits per heavy atom. The SMILES string of the molecule is O=C(Cc1cccc(OC(F)F)c1)NCc1cccc2ccccc12. The van der Waals surface area contributed by atoms with Gasteiger partial charge in [0.25, 0.3) is 0 Å². The first-order valence-electron chi connectivity index (χ1n) is 7.89. The first-order valence-corrected chi connectivity index (χ1v) is 7.89. The molecule has 5 heteroatoms. The molecule has 0 aliphatic rings. The molecule has 0 saturated heterocycles. The van der Waals surface area contributed by atoms with Crippen molar-refractivity contribution in [1.29, 1.82) is 0 Å². The summed E-state index contributed by atoms with van der Waals surface area (Å²) in [7, 11) is 0. The molecular weight excluding hydrogens is 324 g/mol. The van der Waals surface area contributed by atoms with Crippen LogP contribution >= 0.6 is 0 Å². The van der Waals surface area contributed by atoms with Gasteiger partial charge in [0, 0.05) is 6.54 Å². The van der Waals surface area contributed by atoms with E-state index in [1.54, 1.807) is 12.1 Å². The lowest BCUT2D eigenvalue weighted by Crippen LogP contribution is -2.24. The predicted octanol–water partition coefficient (Wildman–Crippen LogP) is 4.30. The van der Waals surface area contributed by atoms with E-state index >= 15 is 0 Å². The molecule has 1 amide bonds. The smallest absolute Gasteiger partial charge is 0.387 e. The first-order chi connectivity index (χ1) is 12.1. The number of benzene rings is 3. The molecule has 0 bridgehead atoms. The Kier molecular flexibility index (Phi) is 5.23. The van der Waals surface area contributed by atoms with Crippen molar-refractivity contribution in [3.05, 3.63) is 77.9 Å². The second kappa shape index (κ2) is 7.75. The summed E-state index contributed by atoms with van der Waals surface area (Å²) in [5, 5.41) is 5.08. The van der Waals surface area contributed by atoms with Crippen molar-refractivity contribution < 1.29 is 18.3 Å². The minimum atomic E-state index is -2.88. The largest absolute Gasteiger partial charge is 0.435 e. The molecule has 0 spiro atoms. The molecule has 25 heavy (non-hydrogen) atoms. The molecule has 0 saturated carbocycles. The summed E-state index contributed by atoms with van der Waals surface area (Å²) in [6.45, 7) is -2.47. The maximum Gasteiger partial charge on any atom is 0.387 e. The van der Waals surface area contributed by atoms with Crippen LogP contribution in [-0.2, 0) is 17.8 Å². The van der Waals surface area contributed by atoms with Gasteiger partial charge in [0.15, 0.2) is 0 Å². The topological polar surface area (TPSA) is 38.3 Å². The van der Waals surface area contributed by atoms with Crippen LogP contribution in [0, 0.1) is 0 Å². The molecule has 3 rings (SSSR count). The van der Waals surface area contributed by atoms with E-state index in [1.807, 2.05) is 42.5 Å². The highest BCUT2D eigenvalue weighted by Crippen LogP contribution is 2.19. The zero-order chi connectivity index (χ0) is 17.6. The number of carbonyl (C=O) groups is 1. The van der Waals surface area contributed by atoms with Gasteiger partial charge in [-0.15, -0.1) is 0 Å². The van der Waals surface area contributed by atoms with Gasteiger partial charge in [0.05, 0.1) is 6.42 Å². The molecule has 0 aromatic heterocycles. The number of ether oxygens (including phenoxy) is 1. The fourth-order valence-electron chi connectivity index (χ4n) is 2.72. The van der Waals surface area contributed by atoms with Crippen LogP contribution in [0.25, 0.3) is 10.8 Å². The lowest BCUT2D eigenvalue weighted by molar-refractivity contribution is -0.120. The molecule has 0 fully saturated rings. The lowest BCUT2D eigenvalue weighted by Gasteiger charge is -2.09. The predicted molar refractivity (Wildman–Crippen MR) is 92.6 cm³/mol. The number of rotatable bonds is 6. The maximum absolute atomic E-state index is 12.2. The fourth-order valence-corrected chi connectivity index (χ4v) is 2.72. The van der Waals surface area contributed by atoms with Crippen LogP contribution in [0.4, 0.5) is 8.78 Å². The van der Waals surface area contributed by atoms with Gasteiger partial charge >= 0.3 is 6.61 Å². The highest BCUT2D eigenvalue weighted by molar-refractivity contribution is 5.86. The maximum atomic E-state index is 12.2. The van der Waals surface area contributed by atoms with Gasteiger partial charge in [-0.05, 0) is 34.0 Å². The second-order valence-electron chi connectivity index (χ2n) is 5.62. The van der Waals surface area contributed by atoms with Crippen LogP contribution in [0.2, 0.25) is 0 Å². The molecule has 1 N–H and O–H groups in total. The fraction of sp³-hybridized carbons (Fsp3) is 0.150. The molecule has 0 aliphatic carbocycles. The Hall–Kier alpha value is -2.95. The van der Waals surface area contributed by atoms with E-state index in [1.165, 1.54) is 12.1 Å². The van der Waals surface area contributed by atoms with Gasteiger partial charge in [0.1, 0.15) is 5.75 Å². The van der Waals surface area contributed by atoms with Gasteiger partial charge in [-0.25, -0.2) is 0 Å². The van der Waals surface area contributed by atoms with Crippen LogP contribution in [0.5, 0.6) is 5.75 Å². The van der Waals surface area contributed by atoms with Gasteiger partial charge in [-0.3, -0.25) is 4.79 Å². The van der Waals surface area contributed by atoms with Gasteiger partial charge in [-0.2, -0.15) is 8.78 Å². The molecule has 0 heterocycles. The molecule has 0 radical (unpaired) electrons. The van der Waals surface area contributed by atoms with E-state index in [0.717, 1.165) is 16.3 Å². The Morgan fingerprint density at radius 3 is 2.60 bits per heavy atom. The monoisotopic (exact) mass is 341 g/mol. The minimum Gasteiger partial charge on any atom is -0.435 e. The van der Waals surface area contributed by atoms with E-state index < -0.39 is 6.61 Å². The zero-order valence-electron chi connectivity index (χ0n) is 13.4. The molecule has 3 aromatic carbocycles. The van der Waals surface area contributed by atoms with Crippen molar-refractivity contribution in [1.82, 2.24) is 5.32 Å². The number of nitrogens with one attached hydrogen (secondary N) is 1. The third kappa shape index (κ3) is 4.53. The third-order valence-electron chi connectivity index (χ3n) is 3.84. The summed E-state index contributed by atoms with van der Waals surface area (Å²) in [5.41, 5.74) is 1.65. The van der Waals surface area contributed by atoms with E-state index in [4.69, 9.17) is 0 Å². The molecular formula is C20H17F2NO2. The minimum absolute atomic E-state index is 0.0503. The van der Waals surface area contributed by atoms with Crippen LogP contribution in [-0.4, -0.2) is 12.5 Å². The van der Waals surface area contributed by atoms with Gasteiger partial charge < -0.3 is 10.1 Å².